The van der Waals surface area contributed by atoms with Gasteiger partial charge in [-0.15, -0.1) is 0 Å². The van der Waals surface area contributed by atoms with E-state index in [0.29, 0.717) is 0 Å². The van der Waals surface area contributed by atoms with Crippen molar-refractivity contribution < 1.29 is 18.7 Å². The lowest BCUT2D eigenvalue weighted by Crippen LogP contribution is -2.27. The van der Waals surface area contributed by atoms with Gasteiger partial charge >= 0.3 is 6.09 Å². The summed E-state index contributed by atoms with van der Waals surface area (Å²) in [4.78, 5) is 28.1. The van der Waals surface area contributed by atoms with Gasteiger partial charge in [-0.05, 0) is 39.0 Å². The van der Waals surface area contributed by atoms with Gasteiger partial charge in [-0.3, -0.25) is 10.1 Å². The molecule has 1 heterocycles. The second-order valence-electron chi connectivity index (χ2n) is 6.47. The molecule has 0 aliphatic carbocycles. The Morgan fingerprint density at radius 2 is 1.68 bits per heavy atom. The molecule has 0 saturated carbocycles. The molecule has 6 nitrogen and oxygen atoms in total. The number of aromatic nitrogens is 1. The molecule has 0 aliphatic heterocycles. The first-order valence-corrected chi connectivity index (χ1v) is 9.21. The SMILES string of the molecule is CC(C)(C)OC(=O)Nc1cc(NC(=O)c2nc(Cl)c(Cl)c(Cl)c2Cl)ccc1F. The lowest BCUT2D eigenvalue weighted by Gasteiger charge is -2.20. The van der Waals surface area contributed by atoms with Crippen molar-refractivity contribution in [2.24, 2.45) is 0 Å². The van der Waals surface area contributed by atoms with E-state index in [1.165, 1.54) is 12.1 Å². The van der Waals surface area contributed by atoms with Gasteiger partial charge in [0.2, 0.25) is 0 Å². The lowest BCUT2D eigenvalue weighted by atomic mass is 10.2. The Labute approximate surface area is 180 Å². The molecule has 0 aliphatic rings. The highest BCUT2D eigenvalue weighted by Crippen LogP contribution is 2.36. The summed E-state index contributed by atoms with van der Waals surface area (Å²) in [6.45, 7) is 5.00. The molecule has 0 radical (unpaired) electrons. The van der Waals surface area contributed by atoms with Gasteiger partial charge in [-0.25, -0.2) is 14.2 Å². The van der Waals surface area contributed by atoms with Crippen LogP contribution in [0.3, 0.4) is 0 Å². The Balaban J connectivity index is 2.24. The summed E-state index contributed by atoms with van der Waals surface area (Å²) >= 11 is 23.5. The first-order chi connectivity index (χ1) is 12.9. The maximum atomic E-state index is 14.0. The monoisotopic (exact) mass is 467 g/mol. The molecule has 1 aromatic carbocycles. The quantitative estimate of drug-likeness (QED) is 0.508. The number of hydrogen-bond donors (Lipinski definition) is 2. The maximum absolute atomic E-state index is 14.0. The topological polar surface area (TPSA) is 80.3 Å². The van der Waals surface area contributed by atoms with E-state index in [-0.39, 0.29) is 37.3 Å². The van der Waals surface area contributed by atoms with Crippen LogP contribution in [0.2, 0.25) is 20.2 Å². The third kappa shape index (κ3) is 5.61. The molecule has 0 bridgehead atoms. The zero-order valence-electron chi connectivity index (χ0n) is 14.8. The fourth-order valence-electron chi connectivity index (χ4n) is 1.94. The van der Waals surface area contributed by atoms with Gasteiger partial charge in [0.05, 0.1) is 20.8 Å². The number of nitrogens with zero attached hydrogens (tertiary/aromatic N) is 1. The fraction of sp³-hybridized carbons (Fsp3) is 0.235. The third-order valence-corrected chi connectivity index (χ3v) is 4.74. The van der Waals surface area contributed by atoms with Crippen molar-refractivity contribution in [1.29, 1.82) is 0 Å². The minimum Gasteiger partial charge on any atom is -0.444 e. The summed E-state index contributed by atoms with van der Waals surface area (Å²) in [6, 6.07) is 3.53. The van der Waals surface area contributed by atoms with Crippen molar-refractivity contribution in [2.45, 2.75) is 26.4 Å². The van der Waals surface area contributed by atoms with Crippen LogP contribution in [0.15, 0.2) is 18.2 Å². The Hall–Kier alpha value is -1.80. The van der Waals surface area contributed by atoms with E-state index in [2.05, 4.69) is 15.6 Å². The number of anilines is 2. The number of benzene rings is 1. The van der Waals surface area contributed by atoms with Crippen molar-refractivity contribution >= 4 is 69.8 Å². The molecule has 0 atom stereocenters. The molecule has 2 rings (SSSR count). The second kappa shape index (κ2) is 8.69. The van der Waals surface area contributed by atoms with E-state index in [1.54, 1.807) is 20.8 Å². The predicted octanol–water partition coefficient (Wildman–Crippen LogP) is 6.43. The van der Waals surface area contributed by atoms with Crippen LogP contribution >= 0.6 is 46.4 Å². The minimum absolute atomic E-state index is 0.0875. The highest BCUT2D eigenvalue weighted by atomic mass is 35.5. The van der Waals surface area contributed by atoms with Gasteiger partial charge in [-0.2, -0.15) is 0 Å². The molecule has 11 heteroatoms. The molecule has 0 fully saturated rings. The van der Waals surface area contributed by atoms with E-state index >= 15 is 0 Å². The second-order valence-corrected chi connectivity index (χ2v) is 7.96. The Bertz CT molecular complexity index is 948. The Morgan fingerprint density at radius 3 is 2.29 bits per heavy atom. The highest BCUT2D eigenvalue weighted by molar-refractivity contribution is 6.52. The number of rotatable bonds is 3. The summed E-state index contributed by atoms with van der Waals surface area (Å²) in [7, 11) is 0. The third-order valence-electron chi connectivity index (χ3n) is 3.06. The van der Waals surface area contributed by atoms with Crippen LogP contribution in [0.5, 0.6) is 0 Å². The molecule has 0 spiro atoms. The van der Waals surface area contributed by atoms with Crippen molar-refractivity contribution in [3.63, 3.8) is 0 Å². The molecule has 0 saturated heterocycles. The van der Waals surface area contributed by atoms with Crippen LogP contribution in [0.1, 0.15) is 31.3 Å². The molecule has 28 heavy (non-hydrogen) atoms. The molecule has 150 valence electrons. The van der Waals surface area contributed by atoms with E-state index < -0.39 is 23.4 Å². The first kappa shape index (κ1) is 22.5. The van der Waals surface area contributed by atoms with Gasteiger partial charge in [0, 0.05) is 5.69 Å². The van der Waals surface area contributed by atoms with E-state index in [1.807, 2.05) is 0 Å². The van der Waals surface area contributed by atoms with E-state index in [9.17, 15) is 14.0 Å². The number of hydrogen-bond acceptors (Lipinski definition) is 4. The van der Waals surface area contributed by atoms with Crippen molar-refractivity contribution in [3.05, 3.63) is 49.9 Å². The number of amides is 2. The number of carbonyl (C=O) groups excluding carboxylic acids is 2. The fourth-order valence-corrected chi connectivity index (χ4v) is 2.75. The van der Waals surface area contributed by atoms with Gasteiger partial charge in [0.1, 0.15) is 22.3 Å². The van der Waals surface area contributed by atoms with Crippen LogP contribution in [0.4, 0.5) is 20.6 Å². The summed E-state index contributed by atoms with van der Waals surface area (Å²) in [5.41, 5.74) is -1.08. The number of halogens is 5. The van der Waals surface area contributed by atoms with E-state index in [0.717, 1.165) is 6.07 Å². The van der Waals surface area contributed by atoms with E-state index in [4.69, 9.17) is 51.1 Å². The first-order valence-electron chi connectivity index (χ1n) is 7.70. The Kier molecular flexibility index (Phi) is 6.98. The molecular weight excluding hydrogens is 455 g/mol. The van der Waals surface area contributed by atoms with Crippen LogP contribution in [-0.2, 0) is 4.74 Å². The van der Waals surface area contributed by atoms with Gasteiger partial charge in [0.25, 0.3) is 5.91 Å². The summed E-state index contributed by atoms with van der Waals surface area (Å²) in [6.07, 6.45) is -0.851. The largest absolute Gasteiger partial charge is 0.444 e. The zero-order valence-corrected chi connectivity index (χ0v) is 17.8. The number of carbonyl (C=O) groups is 2. The van der Waals surface area contributed by atoms with Crippen LogP contribution < -0.4 is 10.6 Å². The van der Waals surface area contributed by atoms with Crippen molar-refractivity contribution in [2.75, 3.05) is 10.6 Å². The number of pyridine rings is 1. The molecular formula is C17H14Cl4FN3O3. The van der Waals surface area contributed by atoms with Gasteiger partial charge in [0.15, 0.2) is 0 Å². The minimum atomic E-state index is -0.851. The molecule has 1 aromatic heterocycles. The molecule has 2 amide bonds. The normalized spacial score (nSPS) is 11.1. The summed E-state index contributed by atoms with van der Waals surface area (Å²) in [5.74, 6) is -1.49. The Morgan fingerprint density at radius 1 is 1.04 bits per heavy atom. The number of nitrogens with one attached hydrogen (secondary N) is 2. The van der Waals surface area contributed by atoms with Crippen LogP contribution in [0.25, 0.3) is 0 Å². The molecule has 0 unspecified atom stereocenters. The van der Waals surface area contributed by atoms with Crippen LogP contribution in [0, 0.1) is 5.82 Å². The average molecular weight is 469 g/mol. The van der Waals surface area contributed by atoms with Crippen molar-refractivity contribution in [3.8, 4) is 0 Å². The zero-order chi connectivity index (χ0) is 21.2. The van der Waals surface area contributed by atoms with Gasteiger partial charge < -0.3 is 10.1 Å². The standard InChI is InChI=1S/C17H14Cl4FN3O3/c1-17(2,3)28-16(27)24-9-6-7(4-5-8(9)22)23-15(26)13-11(19)10(18)12(20)14(21)25-13/h4-6H,1-3H3,(H,23,26)(H,24,27). The van der Waals surface area contributed by atoms with Gasteiger partial charge in [-0.1, -0.05) is 46.4 Å². The maximum Gasteiger partial charge on any atom is 0.412 e. The summed E-state index contributed by atoms with van der Waals surface area (Å²) < 4.78 is 19.0. The van der Waals surface area contributed by atoms with Crippen molar-refractivity contribution in [1.82, 2.24) is 4.98 Å². The average Bonchev–Trinajstić information content (AvgIpc) is 2.57. The smallest absolute Gasteiger partial charge is 0.412 e. The highest BCUT2D eigenvalue weighted by Gasteiger charge is 2.21. The number of ether oxygens (including phenoxy) is 1. The molecule has 2 N–H and O–H groups in total. The van der Waals surface area contributed by atoms with Crippen LogP contribution in [-0.4, -0.2) is 22.6 Å². The lowest BCUT2D eigenvalue weighted by molar-refractivity contribution is 0.0635. The predicted molar refractivity (Wildman–Crippen MR) is 108 cm³/mol. The summed E-state index contributed by atoms with van der Waals surface area (Å²) in [5, 5.41) is 4.12. The molecule has 2 aromatic rings.